The van der Waals surface area contributed by atoms with Gasteiger partial charge in [-0.15, -0.1) is 0 Å². The van der Waals surface area contributed by atoms with Gasteiger partial charge in [0.15, 0.2) is 0 Å². The molecule has 5 nitrogen and oxygen atoms in total. The number of benzene rings is 4. The molecule has 0 N–H and O–H groups in total. The van der Waals surface area contributed by atoms with Crippen LogP contribution in [0.2, 0.25) is 0 Å². The Labute approximate surface area is 264 Å². The SMILES string of the molecule is CN(C)c1ccc(C(c2ccc(N(C)C)cc2)c2ccc(C(c3ccc(N(C)C)cc3)c3ccc(N(C)C)cc3)n2C)cc1. The molecule has 0 fully saturated rings. The summed E-state index contributed by atoms with van der Waals surface area (Å²) in [6.07, 6.45) is 0. The van der Waals surface area contributed by atoms with E-state index in [9.17, 15) is 0 Å². The molecule has 0 saturated heterocycles. The summed E-state index contributed by atoms with van der Waals surface area (Å²) >= 11 is 0. The summed E-state index contributed by atoms with van der Waals surface area (Å²) in [5.74, 6) is 0.183. The molecule has 0 aliphatic carbocycles. The smallest absolute Gasteiger partial charge is 0.0492 e. The van der Waals surface area contributed by atoms with E-state index in [4.69, 9.17) is 0 Å². The van der Waals surface area contributed by atoms with Crippen molar-refractivity contribution < 1.29 is 0 Å². The predicted octanol–water partition coefficient (Wildman–Crippen LogP) is 7.65. The van der Waals surface area contributed by atoms with Crippen molar-refractivity contribution in [2.24, 2.45) is 7.05 Å². The highest BCUT2D eigenvalue weighted by atomic mass is 15.1. The van der Waals surface area contributed by atoms with Crippen LogP contribution in [0.5, 0.6) is 0 Å². The predicted molar refractivity (Wildman–Crippen MR) is 190 cm³/mol. The van der Waals surface area contributed by atoms with E-state index in [1.807, 2.05) is 0 Å². The Kier molecular flexibility index (Phi) is 9.05. The van der Waals surface area contributed by atoms with Gasteiger partial charge in [-0.25, -0.2) is 0 Å². The number of hydrogen-bond acceptors (Lipinski definition) is 4. The summed E-state index contributed by atoms with van der Waals surface area (Å²) in [5.41, 5.74) is 12.5. The maximum Gasteiger partial charge on any atom is 0.0492 e. The van der Waals surface area contributed by atoms with Crippen LogP contribution in [0.1, 0.15) is 45.5 Å². The van der Waals surface area contributed by atoms with E-state index in [1.165, 1.54) is 56.4 Å². The van der Waals surface area contributed by atoms with Crippen LogP contribution in [-0.4, -0.2) is 60.9 Å². The number of rotatable bonds is 10. The fourth-order valence-electron chi connectivity index (χ4n) is 6.05. The maximum absolute atomic E-state index is 2.43. The van der Waals surface area contributed by atoms with Crippen LogP contribution in [0.4, 0.5) is 22.7 Å². The van der Waals surface area contributed by atoms with Crippen molar-refractivity contribution in [1.29, 1.82) is 0 Å². The molecule has 1 heterocycles. The van der Waals surface area contributed by atoms with E-state index in [-0.39, 0.29) is 11.8 Å². The Morgan fingerprint density at radius 1 is 0.341 bits per heavy atom. The van der Waals surface area contributed by atoms with Crippen molar-refractivity contribution in [1.82, 2.24) is 4.57 Å². The minimum Gasteiger partial charge on any atom is -0.378 e. The van der Waals surface area contributed by atoms with Gasteiger partial charge in [0, 0.05) is 109 Å². The molecule has 5 aromatic rings. The largest absolute Gasteiger partial charge is 0.378 e. The molecule has 0 aliphatic heterocycles. The molecule has 228 valence electrons. The molecular formula is C39H47N5. The second-order valence-electron chi connectivity index (χ2n) is 12.6. The zero-order valence-electron chi connectivity index (χ0n) is 27.8. The van der Waals surface area contributed by atoms with Crippen molar-refractivity contribution in [3.63, 3.8) is 0 Å². The highest BCUT2D eigenvalue weighted by Gasteiger charge is 2.26. The van der Waals surface area contributed by atoms with E-state index in [0.29, 0.717) is 0 Å². The van der Waals surface area contributed by atoms with E-state index >= 15 is 0 Å². The van der Waals surface area contributed by atoms with Gasteiger partial charge in [0.25, 0.3) is 0 Å². The van der Waals surface area contributed by atoms with Gasteiger partial charge in [0.05, 0.1) is 0 Å². The van der Waals surface area contributed by atoms with Crippen LogP contribution in [0, 0.1) is 0 Å². The Hall–Kier alpha value is -4.64. The van der Waals surface area contributed by atoms with Gasteiger partial charge in [-0.1, -0.05) is 48.5 Å². The Bertz CT molecular complexity index is 1410. The van der Waals surface area contributed by atoms with Crippen molar-refractivity contribution in [3.8, 4) is 0 Å². The summed E-state index contributed by atoms with van der Waals surface area (Å²) in [4.78, 5) is 8.61. The Balaban J connectivity index is 1.65. The third-order valence-corrected chi connectivity index (χ3v) is 8.76. The van der Waals surface area contributed by atoms with Gasteiger partial charge in [0.2, 0.25) is 0 Å². The van der Waals surface area contributed by atoms with Crippen LogP contribution in [0.3, 0.4) is 0 Å². The topological polar surface area (TPSA) is 17.9 Å². The number of nitrogens with zero attached hydrogens (tertiary/aromatic N) is 5. The Morgan fingerprint density at radius 3 is 0.727 bits per heavy atom. The second kappa shape index (κ2) is 12.9. The lowest BCUT2D eigenvalue weighted by atomic mass is 9.87. The molecule has 44 heavy (non-hydrogen) atoms. The zero-order chi connectivity index (χ0) is 31.5. The van der Waals surface area contributed by atoms with Crippen LogP contribution >= 0.6 is 0 Å². The minimum absolute atomic E-state index is 0.0917. The molecule has 4 aromatic carbocycles. The van der Waals surface area contributed by atoms with Crippen LogP contribution in [-0.2, 0) is 7.05 Å². The van der Waals surface area contributed by atoms with Crippen LogP contribution < -0.4 is 19.6 Å². The molecule has 0 spiro atoms. The highest BCUT2D eigenvalue weighted by molar-refractivity contribution is 5.56. The monoisotopic (exact) mass is 585 g/mol. The van der Waals surface area contributed by atoms with Crippen LogP contribution in [0.25, 0.3) is 0 Å². The van der Waals surface area contributed by atoms with E-state index in [0.717, 1.165) is 0 Å². The first-order valence-electron chi connectivity index (χ1n) is 15.3. The molecule has 0 saturated carbocycles. The first-order valence-corrected chi connectivity index (χ1v) is 15.3. The zero-order valence-corrected chi connectivity index (χ0v) is 27.8. The minimum atomic E-state index is 0.0917. The van der Waals surface area contributed by atoms with Gasteiger partial charge in [-0.3, -0.25) is 0 Å². The molecule has 0 bridgehead atoms. The van der Waals surface area contributed by atoms with Gasteiger partial charge >= 0.3 is 0 Å². The number of hydrogen-bond donors (Lipinski definition) is 0. The Morgan fingerprint density at radius 2 is 0.545 bits per heavy atom. The van der Waals surface area contributed by atoms with Crippen molar-refractivity contribution >= 4 is 22.7 Å². The molecule has 0 aliphatic rings. The first-order chi connectivity index (χ1) is 21.0. The number of anilines is 4. The molecule has 0 radical (unpaired) electrons. The molecular weight excluding hydrogens is 538 g/mol. The summed E-state index contributed by atoms with van der Waals surface area (Å²) in [6.45, 7) is 0. The molecule has 1 aromatic heterocycles. The van der Waals surface area contributed by atoms with Gasteiger partial charge in [0.1, 0.15) is 0 Å². The quantitative estimate of drug-likeness (QED) is 0.167. The van der Waals surface area contributed by atoms with Crippen LogP contribution in [0.15, 0.2) is 109 Å². The van der Waals surface area contributed by atoms with E-state index in [2.05, 4.69) is 197 Å². The normalized spacial score (nSPS) is 11.2. The van der Waals surface area contributed by atoms with E-state index < -0.39 is 0 Å². The van der Waals surface area contributed by atoms with Crippen molar-refractivity contribution in [3.05, 3.63) is 143 Å². The molecule has 0 amide bonds. The van der Waals surface area contributed by atoms with Gasteiger partial charge < -0.3 is 24.2 Å². The van der Waals surface area contributed by atoms with Gasteiger partial charge in [-0.05, 0) is 82.9 Å². The van der Waals surface area contributed by atoms with Crippen molar-refractivity contribution in [2.75, 3.05) is 76.0 Å². The second-order valence-corrected chi connectivity index (χ2v) is 12.6. The number of aromatic nitrogens is 1. The molecule has 0 unspecified atom stereocenters. The lowest BCUT2D eigenvalue weighted by Gasteiger charge is -2.25. The maximum atomic E-state index is 2.43. The average Bonchev–Trinajstić information content (AvgIpc) is 3.38. The van der Waals surface area contributed by atoms with Crippen molar-refractivity contribution in [2.45, 2.75) is 11.8 Å². The molecule has 5 heteroatoms. The fraction of sp³-hybridized carbons (Fsp3) is 0.282. The summed E-state index contributed by atoms with van der Waals surface area (Å²) in [6, 6.07) is 40.7. The standard InChI is InChI=1S/C39H47N5/c1-40(2)32-18-10-28(11-19-32)38(29-12-20-33(21-13-29)41(3)4)36-26-27-37(44(36)9)39(30-14-22-34(23-15-30)42(5)6)31-16-24-35(25-17-31)43(7)8/h10-27,38-39H,1-9H3. The summed E-state index contributed by atoms with van der Waals surface area (Å²) < 4.78 is 2.43. The molecule has 0 atom stereocenters. The third-order valence-electron chi connectivity index (χ3n) is 8.76. The lowest BCUT2D eigenvalue weighted by molar-refractivity contribution is 0.732. The fourth-order valence-corrected chi connectivity index (χ4v) is 6.05. The molecule has 5 rings (SSSR count). The third kappa shape index (κ3) is 6.33. The van der Waals surface area contributed by atoms with E-state index in [1.54, 1.807) is 0 Å². The highest BCUT2D eigenvalue weighted by Crippen LogP contribution is 2.39. The summed E-state index contributed by atoms with van der Waals surface area (Å²) in [7, 11) is 18.9. The average molecular weight is 586 g/mol. The summed E-state index contributed by atoms with van der Waals surface area (Å²) in [5, 5.41) is 0. The lowest BCUT2D eigenvalue weighted by Crippen LogP contribution is -2.15. The first kappa shape index (κ1) is 30.8. The van der Waals surface area contributed by atoms with Gasteiger partial charge in [-0.2, -0.15) is 0 Å².